The molecule has 0 aromatic heterocycles. The van der Waals surface area contributed by atoms with E-state index in [4.69, 9.17) is 0 Å². The van der Waals surface area contributed by atoms with Crippen LogP contribution < -0.4 is 4.72 Å². The fourth-order valence-electron chi connectivity index (χ4n) is 4.71. The lowest BCUT2D eigenvalue weighted by molar-refractivity contribution is -0.189. The van der Waals surface area contributed by atoms with E-state index in [1.165, 1.54) is 24.3 Å². The van der Waals surface area contributed by atoms with Gasteiger partial charge in [-0.1, -0.05) is 43.7 Å². The van der Waals surface area contributed by atoms with Crippen molar-refractivity contribution in [3.05, 3.63) is 76.7 Å². The number of hydrogen-bond acceptors (Lipinski definition) is 4. The van der Waals surface area contributed by atoms with Gasteiger partial charge in [-0.15, -0.1) is 0 Å². The second-order valence-corrected chi connectivity index (χ2v) is 11.6. The van der Waals surface area contributed by atoms with Crippen molar-refractivity contribution in [1.82, 2.24) is 9.62 Å². The molecular weight excluding hydrogens is 500 g/mol. The predicted octanol–water partition coefficient (Wildman–Crippen LogP) is 4.40. The van der Waals surface area contributed by atoms with Crippen LogP contribution in [0, 0.1) is 18.2 Å². The van der Waals surface area contributed by atoms with Crippen molar-refractivity contribution in [2.24, 2.45) is 5.41 Å². The Balaban J connectivity index is 1.91. The molecule has 0 saturated carbocycles. The number of amides is 1. The first-order valence-electron chi connectivity index (χ1n) is 11.1. The minimum atomic E-state index is -5.48. The van der Waals surface area contributed by atoms with Gasteiger partial charge in [-0.05, 0) is 48.6 Å². The molecule has 36 heavy (non-hydrogen) atoms. The number of ketones is 1. The molecule has 2 aromatic carbocycles. The molecule has 1 aliphatic carbocycles. The summed E-state index contributed by atoms with van der Waals surface area (Å²) in [5.74, 6) is -3.15. The van der Waals surface area contributed by atoms with Crippen molar-refractivity contribution in [1.29, 1.82) is 0 Å². The highest BCUT2D eigenvalue weighted by Gasteiger charge is 2.72. The van der Waals surface area contributed by atoms with E-state index in [1.807, 2.05) is 0 Å². The third kappa shape index (κ3) is 4.34. The van der Waals surface area contributed by atoms with Gasteiger partial charge in [-0.3, -0.25) is 9.59 Å². The van der Waals surface area contributed by atoms with E-state index in [0.717, 1.165) is 29.2 Å². The maximum atomic E-state index is 14.9. The quantitative estimate of drug-likeness (QED) is 0.588. The SMILES string of the molecule is Cc1ccc(S(=O)(=O)NC2(C(F)(F)F)C(=O)N(Cc3ccc(F)cc3)C3=C2C(=O)CC(C)(C)C3)cc1. The summed E-state index contributed by atoms with van der Waals surface area (Å²) in [6.07, 6.45) is -5.84. The van der Waals surface area contributed by atoms with Gasteiger partial charge in [0.25, 0.3) is 5.91 Å². The fraction of sp³-hybridized carbons (Fsp3) is 0.360. The number of nitrogens with one attached hydrogen (secondary N) is 1. The first kappa shape index (κ1) is 26.0. The van der Waals surface area contributed by atoms with Gasteiger partial charge >= 0.3 is 6.18 Å². The molecule has 1 amide bonds. The Labute approximate surface area is 206 Å². The lowest BCUT2D eigenvalue weighted by Crippen LogP contribution is -2.66. The van der Waals surface area contributed by atoms with Gasteiger partial charge in [0.2, 0.25) is 15.6 Å². The van der Waals surface area contributed by atoms with E-state index in [1.54, 1.807) is 25.5 Å². The zero-order valence-corrected chi connectivity index (χ0v) is 20.6. The zero-order chi connectivity index (χ0) is 26.7. The van der Waals surface area contributed by atoms with Crippen molar-refractivity contribution in [3.8, 4) is 0 Å². The van der Waals surface area contributed by atoms with E-state index in [9.17, 15) is 35.6 Å². The van der Waals surface area contributed by atoms with Crippen molar-refractivity contribution in [2.75, 3.05) is 0 Å². The van der Waals surface area contributed by atoms with E-state index in [0.29, 0.717) is 11.1 Å². The third-order valence-electron chi connectivity index (χ3n) is 6.42. The number of carbonyl (C=O) groups is 2. The molecule has 0 saturated heterocycles. The molecule has 0 radical (unpaired) electrons. The lowest BCUT2D eigenvalue weighted by Gasteiger charge is -2.35. The van der Waals surface area contributed by atoms with Crippen LogP contribution in [0.5, 0.6) is 0 Å². The van der Waals surface area contributed by atoms with Crippen molar-refractivity contribution >= 4 is 21.7 Å². The van der Waals surface area contributed by atoms with Gasteiger partial charge in [-0.2, -0.15) is 17.9 Å². The molecular formula is C25H24F4N2O4S. The predicted molar refractivity (Wildman–Crippen MR) is 122 cm³/mol. The van der Waals surface area contributed by atoms with Crippen molar-refractivity contribution in [2.45, 2.75) is 56.8 Å². The van der Waals surface area contributed by atoms with Gasteiger partial charge in [-0.25, -0.2) is 12.8 Å². The van der Waals surface area contributed by atoms with Gasteiger partial charge in [0.05, 0.1) is 17.0 Å². The highest BCUT2D eigenvalue weighted by molar-refractivity contribution is 7.89. The van der Waals surface area contributed by atoms with Crippen LogP contribution >= 0.6 is 0 Å². The van der Waals surface area contributed by atoms with Crippen LogP contribution in [0.4, 0.5) is 17.6 Å². The first-order chi connectivity index (χ1) is 16.6. The number of alkyl halides is 3. The standard InChI is InChI=1S/C25H24F4N2O4S/c1-15-4-10-18(11-5-15)36(34,35)30-24(25(27,28)29)21-19(12-23(2,3)13-20(21)32)31(22(24)33)14-16-6-8-17(26)9-7-16/h4-11,30H,12-14H2,1-3H3. The van der Waals surface area contributed by atoms with Crippen LogP contribution in [0.15, 0.2) is 64.7 Å². The van der Waals surface area contributed by atoms with Gasteiger partial charge in [0, 0.05) is 12.1 Å². The normalized spacial score (nSPS) is 22.2. The monoisotopic (exact) mass is 524 g/mol. The number of carbonyl (C=O) groups excluding carboxylic acids is 2. The van der Waals surface area contributed by atoms with Crippen LogP contribution in [-0.2, 0) is 26.2 Å². The fourth-order valence-corrected chi connectivity index (χ4v) is 6.03. The molecule has 1 atom stereocenters. The van der Waals surface area contributed by atoms with E-state index < -0.39 is 61.7 Å². The minimum Gasteiger partial charge on any atom is -0.309 e. The lowest BCUT2D eigenvalue weighted by atomic mass is 9.72. The number of aryl methyl sites for hydroxylation is 1. The molecule has 1 N–H and O–H groups in total. The van der Waals surface area contributed by atoms with Crippen molar-refractivity contribution < 1.29 is 35.6 Å². The minimum absolute atomic E-state index is 0.0644. The molecule has 2 aromatic rings. The molecule has 2 aliphatic rings. The maximum absolute atomic E-state index is 14.9. The summed E-state index contributed by atoms with van der Waals surface area (Å²) in [5, 5.41) is 0. The Morgan fingerprint density at radius 1 is 0.972 bits per heavy atom. The Kier molecular flexibility index (Phi) is 6.16. The molecule has 6 nitrogen and oxygen atoms in total. The Hall–Kier alpha value is -3.05. The summed E-state index contributed by atoms with van der Waals surface area (Å²) in [6.45, 7) is 4.64. The molecule has 0 spiro atoms. The molecule has 1 unspecified atom stereocenters. The second-order valence-electron chi connectivity index (χ2n) is 9.95. The smallest absolute Gasteiger partial charge is 0.309 e. The number of allylic oxidation sites excluding steroid dienone is 1. The average Bonchev–Trinajstić information content (AvgIpc) is 2.97. The summed E-state index contributed by atoms with van der Waals surface area (Å²) in [4.78, 5) is 27.1. The van der Waals surface area contributed by atoms with Crippen molar-refractivity contribution in [3.63, 3.8) is 0 Å². The number of halogens is 4. The molecule has 1 aliphatic heterocycles. The van der Waals surface area contributed by atoms with Crippen LogP contribution in [0.1, 0.15) is 37.8 Å². The zero-order valence-electron chi connectivity index (χ0n) is 19.7. The highest BCUT2D eigenvalue weighted by Crippen LogP contribution is 2.52. The number of Topliss-reactive ketones (excluding diaryl/α,β-unsaturated/α-hetero) is 1. The van der Waals surface area contributed by atoms with Gasteiger partial charge in [0.15, 0.2) is 5.78 Å². The van der Waals surface area contributed by atoms with Crippen LogP contribution in [0.3, 0.4) is 0 Å². The summed E-state index contributed by atoms with van der Waals surface area (Å²) in [5.41, 5.74) is -4.66. The third-order valence-corrected chi connectivity index (χ3v) is 7.88. The largest absolute Gasteiger partial charge is 0.421 e. The summed E-state index contributed by atoms with van der Waals surface area (Å²) in [7, 11) is -4.89. The molecule has 1 heterocycles. The summed E-state index contributed by atoms with van der Waals surface area (Å²) in [6, 6.07) is 9.87. The maximum Gasteiger partial charge on any atom is 0.421 e. The number of nitrogens with zero attached hydrogens (tertiary/aromatic N) is 1. The highest BCUT2D eigenvalue weighted by atomic mass is 32.2. The molecule has 0 fully saturated rings. The molecule has 4 rings (SSSR count). The van der Waals surface area contributed by atoms with Crippen LogP contribution in [0.2, 0.25) is 0 Å². The average molecular weight is 525 g/mol. The topological polar surface area (TPSA) is 83.6 Å². The van der Waals surface area contributed by atoms with Crippen LogP contribution in [0.25, 0.3) is 0 Å². The Morgan fingerprint density at radius 2 is 1.56 bits per heavy atom. The molecule has 192 valence electrons. The van der Waals surface area contributed by atoms with Crippen LogP contribution in [-0.4, -0.2) is 36.7 Å². The Morgan fingerprint density at radius 3 is 2.11 bits per heavy atom. The first-order valence-corrected chi connectivity index (χ1v) is 12.6. The van der Waals surface area contributed by atoms with Gasteiger partial charge < -0.3 is 4.90 Å². The van der Waals surface area contributed by atoms with Gasteiger partial charge in [0.1, 0.15) is 5.82 Å². The number of hydrogen-bond donors (Lipinski definition) is 1. The number of benzene rings is 2. The molecule has 0 bridgehead atoms. The summed E-state index contributed by atoms with van der Waals surface area (Å²) < 4.78 is 85.9. The second kappa shape index (κ2) is 8.52. The Bertz CT molecular complexity index is 1360. The van der Waals surface area contributed by atoms with E-state index >= 15 is 0 Å². The van der Waals surface area contributed by atoms with E-state index in [2.05, 4.69) is 0 Å². The number of sulfonamides is 1. The molecule has 11 heteroatoms. The number of rotatable bonds is 5. The van der Waals surface area contributed by atoms with E-state index in [-0.39, 0.29) is 18.5 Å². The summed E-state index contributed by atoms with van der Waals surface area (Å²) >= 11 is 0.